The van der Waals surface area contributed by atoms with Gasteiger partial charge in [-0.3, -0.25) is 0 Å². The Balaban J connectivity index is 4.05. The van der Waals surface area contributed by atoms with Gasteiger partial charge in [0.25, 0.3) is 0 Å². The summed E-state index contributed by atoms with van der Waals surface area (Å²) >= 11 is 0. The van der Waals surface area contributed by atoms with Gasteiger partial charge >= 0.3 is 0 Å². The maximum absolute atomic E-state index is 11.0. The summed E-state index contributed by atoms with van der Waals surface area (Å²) in [6.45, 7) is 0. The molecule has 7 heteroatoms. The summed E-state index contributed by atoms with van der Waals surface area (Å²) in [5, 5.41) is 0. The number of nitrogens with zero attached hydrogens (tertiary/aromatic N) is 1. The molecule has 0 fully saturated rings. The van der Waals surface area contributed by atoms with Crippen molar-refractivity contribution in [3.8, 4) is 0 Å². The number of hydrogen-bond donors (Lipinski definition) is 0. The Morgan fingerprint density at radius 2 is 1.91 bits per heavy atom. The summed E-state index contributed by atoms with van der Waals surface area (Å²) in [5.41, 5.74) is 0. The van der Waals surface area contributed by atoms with Crippen LogP contribution in [0.1, 0.15) is 0 Å². The summed E-state index contributed by atoms with van der Waals surface area (Å²) < 4.78 is 33.3. The Hall–Kier alpha value is 0.350. The topological polar surface area (TPSA) is 54.5 Å². The number of sulfonamides is 1. The van der Waals surface area contributed by atoms with E-state index in [1.165, 1.54) is 14.1 Å². The zero-order valence-electron chi connectivity index (χ0n) is 6.28. The monoisotopic (exact) mass is 219 g/mol. The van der Waals surface area contributed by atoms with E-state index in [0.29, 0.717) is 0 Å². The number of halogens is 1. The summed E-state index contributed by atoms with van der Waals surface area (Å²) in [5.74, 6) is -0.196. The van der Waals surface area contributed by atoms with Crippen LogP contribution in [0.2, 0.25) is 0 Å². The lowest BCUT2D eigenvalue weighted by atomic mass is 11.0. The SMILES string of the molecule is CN(C)S(=O)(=O)CCS(=O)Cl. The highest BCUT2D eigenvalue weighted by molar-refractivity contribution is 8.08. The Labute approximate surface area is 73.5 Å². The number of rotatable bonds is 4. The zero-order valence-corrected chi connectivity index (χ0v) is 8.67. The summed E-state index contributed by atoms with van der Waals surface area (Å²) in [6, 6.07) is 0. The maximum Gasteiger partial charge on any atom is 0.214 e. The molecule has 0 aromatic carbocycles. The summed E-state index contributed by atoms with van der Waals surface area (Å²) in [7, 11) is 3.12. The molecule has 0 rings (SSSR count). The second-order valence-corrected chi connectivity index (χ2v) is 6.42. The quantitative estimate of drug-likeness (QED) is 0.615. The molecule has 0 spiro atoms. The molecule has 1 unspecified atom stereocenters. The van der Waals surface area contributed by atoms with Crippen LogP contribution in [0, 0.1) is 0 Å². The first-order chi connectivity index (χ1) is 4.86. The molecule has 11 heavy (non-hydrogen) atoms. The molecular weight excluding hydrogens is 210 g/mol. The molecule has 0 N–H and O–H groups in total. The van der Waals surface area contributed by atoms with Gasteiger partial charge in [0.15, 0.2) is 0 Å². The van der Waals surface area contributed by atoms with Crippen molar-refractivity contribution in [2.45, 2.75) is 0 Å². The van der Waals surface area contributed by atoms with E-state index in [1.54, 1.807) is 0 Å². The van der Waals surface area contributed by atoms with Crippen molar-refractivity contribution in [2.75, 3.05) is 25.6 Å². The minimum atomic E-state index is -3.24. The molecule has 0 aliphatic rings. The Kier molecular flexibility index (Phi) is 4.53. The van der Waals surface area contributed by atoms with Crippen LogP contribution in [-0.2, 0) is 20.0 Å². The van der Waals surface area contributed by atoms with Gasteiger partial charge < -0.3 is 0 Å². The van der Waals surface area contributed by atoms with Crippen LogP contribution in [0.15, 0.2) is 0 Å². The summed E-state index contributed by atoms with van der Waals surface area (Å²) in [4.78, 5) is 0. The molecule has 0 heterocycles. The lowest BCUT2D eigenvalue weighted by Gasteiger charge is -2.08. The maximum atomic E-state index is 11.0. The molecule has 0 aliphatic heterocycles. The highest BCUT2D eigenvalue weighted by Gasteiger charge is 2.13. The molecule has 0 aromatic rings. The predicted molar refractivity (Wildman–Crippen MR) is 46.3 cm³/mol. The highest BCUT2D eigenvalue weighted by Crippen LogP contribution is 1.97. The molecule has 0 saturated carbocycles. The summed E-state index contributed by atoms with van der Waals surface area (Å²) in [6.07, 6.45) is 0. The van der Waals surface area contributed by atoms with E-state index >= 15 is 0 Å². The van der Waals surface area contributed by atoms with Crippen LogP contribution in [-0.4, -0.2) is 42.5 Å². The second-order valence-electron chi connectivity index (χ2n) is 2.09. The molecule has 4 nitrogen and oxygen atoms in total. The normalized spacial score (nSPS) is 15.3. The minimum Gasteiger partial charge on any atom is -0.243 e. The van der Waals surface area contributed by atoms with Crippen LogP contribution >= 0.6 is 10.7 Å². The lowest BCUT2D eigenvalue weighted by molar-refractivity contribution is 0.522. The molecule has 0 aliphatic carbocycles. The van der Waals surface area contributed by atoms with Gasteiger partial charge in [-0.25, -0.2) is 16.9 Å². The first-order valence-electron chi connectivity index (χ1n) is 2.81. The molecule has 0 saturated heterocycles. The van der Waals surface area contributed by atoms with Crippen LogP contribution in [0.3, 0.4) is 0 Å². The second kappa shape index (κ2) is 4.39. The zero-order chi connectivity index (χ0) is 9.07. The van der Waals surface area contributed by atoms with Crippen molar-refractivity contribution in [3.63, 3.8) is 0 Å². The Morgan fingerprint density at radius 3 is 2.18 bits per heavy atom. The van der Waals surface area contributed by atoms with Gasteiger partial charge in [-0.1, -0.05) is 0 Å². The predicted octanol–water partition coefficient (Wildman–Crippen LogP) is -0.220. The van der Waals surface area contributed by atoms with Gasteiger partial charge in [0.2, 0.25) is 10.0 Å². The minimum absolute atomic E-state index is 0.0257. The largest absolute Gasteiger partial charge is 0.243 e. The van der Waals surface area contributed by atoms with E-state index in [-0.39, 0.29) is 11.5 Å². The van der Waals surface area contributed by atoms with Gasteiger partial charge in [0.1, 0.15) is 10.0 Å². The molecule has 1 atom stereocenters. The number of hydrogen-bond acceptors (Lipinski definition) is 3. The average Bonchev–Trinajstić information content (AvgIpc) is 1.84. The fourth-order valence-corrected chi connectivity index (χ4v) is 2.65. The fourth-order valence-electron chi connectivity index (χ4n) is 0.353. The van der Waals surface area contributed by atoms with Crippen molar-refractivity contribution in [1.82, 2.24) is 4.31 Å². The van der Waals surface area contributed by atoms with E-state index in [2.05, 4.69) is 0 Å². The van der Waals surface area contributed by atoms with Crippen LogP contribution < -0.4 is 0 Å². The van der Waals surface area contributed by atoms with Crippen molar-refractivity contribution >= 4 is 30.7 Å². The standard InChI is InChI=1S/C4H10ClNO3S2/c1-6(2)11(8,9)4-3-10(5)7/h3-4H2,1-2H3. The van der Waals surface area contributed by atoms with E-state index in [0.717, 1.165) is 4.31 Å². The van der Waals surface area contributed by atoms with Crippen molar-refractivity contribution in [2.24, 2.45) is 0 Å². The van der Waals surface area contributed by atoms with Gasteiger partial charge in [0, 0.05) is 14.1 Å². The van der Waals surface area contributed by atoms with Gasteiger partial charge in [0.05, 0.1) is 11.5 Å². The van der Waals surface area contributed by atoms with Gasteiger partial charge in [-0.15, -0.1) is 0 Å². The first kappa shape index (κ1) is 11.4. The molecule has 0 amide bonds. The first-order valence-corrected chi connectivity index (χ1v) is 6.56. The van der Waals surface area contributed by atoms with E-state index in [9.17, 15) is 12.6 Å². The van der Waals surface area contributed by atoms with Crippen molar-refractivity contribution in [1.29, 1.82) is 0 Å². The van der Waals surface area contributed by atoms with Crippen molar-refractivity contribution in [3.05, 3.63) is 0 Å². The van der Waals surface area contributed by atoms with Gasteiger partial charge in [-0.2, -0.15) is 0 Å². The van der Waals surface area contributed by atoms with E-state index < -0.39 is 20.0 Å². The van der Waals surface area contributed by atoms with Crippen LogP contribution in [0.5, 0.6) is 0 Å². The smallest absolute Gasteiger partial charge is 0.214 e. The molecule has 68 valence electrons. The third-order valence-corrected chi connectivity index (χ3v) is 4.14. The lowest BCUT2D eigenvalue weighted by Crippen LogP contribution is -2.27. The molecule has 0 bridgehead atoms. The third kappa shape index (κ3) is 4.73. The third-order valence-electron chi connectivity index (χ3n) is 1.06. The van der Waals surface area contributed by atoms with Crippen LogP contribution in [0.25, 0.3) is 0 Å². The van der Waals surface area contributed by atoms with E-state index in [4.69, 9.17) is 10.7 Å². The molecule has 0 radical (unpaired) electrons. The Morgan fingerprint density at radius 1 is 1.45 bits per heavy atom. The molecule has 0 aromatic heterocycles. The van der Waals surface area contributed by atoms with Crippen LogP contribution in [0.4, 0.5) is 0 Å². The van der Waals surface area contributed by atoms with Crippen molar-refractivity contribution < 1.29 is 12.6 Å². The van der Waals surface area contributed by atoms with E-state index in [1.807, 2.05) is 0 Å². The average molecular weight is 220 g/mol. The highest BCUT2D eigenvalue weighted by atomic mass is 35.7. The van der Waals surface area contributed by atoms with Gasteiger partial charge in [-0.05, 0) is 10.7 Å². The fraction of sp³-hybridized carbons (Fsp3) is 1.00. The Bertz CT molecular complexity index is 236. The molecular formula is C4H10ClNO3S2.